The Labute approximate surface area is 48.3 Å². The van der Waals surface area contributed by atoms with Gasteiger partial charge in [0.25, 0.3) is 0 Å². The van der Waals surface area contributed by atoms with Crippen LogP contribution in [0.25, 0.3) is 0 Å². The zero-order valence-corrected chi connectivity index (χ0v) is 5.21. The fourth-order valence-corrected chi connectivity index (χ4v) is 1.05. The molecule has 1 nitrogen and oxygen atoms in total. The normalized spacial score (nSPS) is 8.83. The summed E-state index contributed by atoms with van der Waals surface area (Å²) in [5, 5.41) is 1.80. The van der Waals surface area contributed by atoms with E-state index in [-0.39, 0.29) is 0 Å². The third-order valence-electron chi connectivity index (χ3n) is 0.364. The Morgan fingerprint density at radius 1 is 2.00 bits per heavy atom. The summed E-state index contributed by atoms with van der Waals surface area (Å²) >= 11 is 4.51. The maximum Gasteiger partial charge on any atom is 0.127 e. The van der Waals surface area contributed by atoms with E-state index in [9.17, 15) is 0 Å². The van der Waals surface area contributed by atoms with Crippen molar-refractivity contribution in [1.82, 2.24) is 4.37 Å². The summed E-state index contributed by atoms with van der Waals surface area (Å²) in [5.74, 6) is 0. The molecule has 0 aromatic carbocycles. The lowest BCUT2D eigenvalue weighted by Crippen LogP contribution is -1.48. The van der Waals surface area contributed by atoms with E-state index in [0.29, 0.717) is 0 Å². The van der Waals surface area contributed by atoms with Gasteiger partial charge in [0.05, 0.1) is 0 Å². The number of hydrogen-bond acceptors (Lipinski definition) is 2. The Morgan fingerprint density at radius 3 is 3.00 bits per heavy atom. The van der Waals surface area contributed by atoms with Gasteiger partial charge in [-0.05, 0) is 27.5 Å². The molecule has 0 aliphatic heterocycles. The van der Waals surface area contributed by atoms with Crippen LogP contribution in [-0.2, 0) is 0 Å². The maximum atomic E-state index is 3.82. The molecule has 6 heavy (non-hydrogen) atoms. The molecule has 31 valence electrons. The molecule has 0 aliphatic rings. The van der Waals surface area contributed by atoms with E-state index >= 15 is 0 Å². The summed E-state index contributed by atoms with van der Waals surface area (Å²) in [6.45, 7) is 0. The van der Waals surface area contributed by atoms with E-state index in [1.54, 1.807) is 5.38 Å². The van der Waals surface area contributed by atoms with Crippen LogP contribution >= 0.6 is 27.5 Å². The number of halogens is 1. The SMILES string of the molecule is Brc1[c]csn1. The molecular formula is C3HBrNS. The lowest BCUT2D eigenvalue weighted by molar-refractivity contribution is 1.49. The zero-order valence-electron chi connectivity index (χ0n) is 2.81. The molecule has 0 saturated carbocycles. The summed E-state index contributed by atoms with van der Waals surface area (Å²) in [7, 11) is 0. The monoisotopic (exact) mass is 162 g/mol. The fraction of sp³-hybridized carbons (Fsp3) is 0. The number of nitrogens with zero attached hydrogens (tertiary/aromatic N) is 1. The molecule has 1 aromatic heterocycles. The second-order valence-corrected chi connectivity index (χ2v) is 2.13. The first-order chi connectivity index (χ1) is 2.89. The molecule has 0 spiro atoms. The van der Waals surface area contributed by atoms with Crippen LogP contribution in [0.5, 0.6) is 0 Å². The van der Waals surface area contributed by atoms with Gasteiger partial charge in [0.1, 0.15) is 4.60 Å². The zero-order chi connectivity index (χ0) is 4.41. The summed E-state index contributed by atoms with van der Waals surface area (Å²) in [6, 6.07) is 2.82. The lowest BCUT2D eigenvalue weighted by Gasteiger charge is -1.60. The minimum absolute atomic E-state index is 0.799. The number of aromatic nitrogens is 1. The van der Waals surface area contributed by atoms with Crippen molar-refractivity contribution in [3.63, 3.8) is 0 Å². The Balaban J connectivity index is 3.05. The van der Waals surface area contributed by atoms with Crippen molar-refractivity contribution < 1.29 is 0 Å². The van der Waals surface area contributed by atoms with E-state index in [2.05, 4.69) is 26.4 Å². The van der Waals surface area contributed by atoms with Crippen molar-refractivity contribution in [2.24, 2.45) is 0 Å². The van der Waals surface area contributed by atoms with Gasteiger partial charge in [-0.2, -0.15) is 4.37 Å². The summed E-state index contributed by atoms with van der Waals surface area (Å²) in [6.07, 6.45) is 0. The first-order valence-corrected chi connectivity index (χ1v) is 3.00. The molecular weight excluding hydrogens is 162 g/mol. The predicted molar refractivity (Wildman–Crippen MR) is 28.6 cm³/mol. The van der Waals surface area contributed by atoms with Crippen molar-refractivity contribution in [1.29, 1.82) is 0 Å². The molecule has 1 radical (unpaired) electrons. The third kappa shape index (κ3) is 0.786. The van der Waals surface area contributed by atoms with Crippen molar-refractivity contribution in [3.8, 4) is 0 Å². The molecule has 0 aliphatic carbocycles. The van der Waals surface area contributed by atoms with Crippen LogP contribution in [0.15, 0.2) is 9.98 Å². The van der Waals surface area contributed by atoms with Gasteiger partial charge < -0.3 is 0 Å². The molecule has 0 unspecified atom stereocenters. The van der Waals surface area contributed by atoms with E-state index in [1.807, 2.05) is 0 Å². The highest BCUT2D eigenvalue weighted by Crippen LogP contribution is 2.04. The Bertz CT molecular complexity index is 114. The van der Waals surface area contributed by atoms with E-state index in [4.69, 9.17) is 0 Å². The average molecular weight is 163 g/mol. The van der Waals surface area contributed by atoms with Crippen molar-refractivity contribution in [2.45, 2.75) is 0 Å². The molecule has 0 fully saturated rings. The highest BCUT2D eigenvalue weighted by molar-refractivity contribution is 9.10. The van der Waals surface area contributed by atoms with Gasteiger partial charge in [-0.1, -0.05) is 0 Å². The molecule has 0 saturated heterocycles. The molecule has 1 rings (SSSR count). The van der Waals surface area contributed by atoms with Gasteiger partial charge in [0, 0.05) is 11.4 Å². The van der Waals surface area contributed by atoms with Crippen LogP contribution in [0.2, 0.25) is 0 Å². The Morgan fingerprint density at radius 2 is 2.83 bits per heavy atom. The number of hydrogen-bond donors (Lipinski definition) is 0. The van der Waals surface area contributed by atoms with Gasteiger partial charge in [-0.15, -0.1) is 0 Å². The average Bonchev–Trinajstić information content (AvgIpc) is 1.86. The number of rotatable bonds is 0. The largest absolute Gasteiger partial charge is 0.185 e. The summed E-state index contributed by atoms with van der Waals surface area (Å²) < 4.78 is 4.62. The van der Waals surface area contributed by atoms with Gasteiger partial charge in [-0.3, -0.25) is 0 Å². The highest BCUT2D eigenvalue weighted by atomic mass is 79.9. The van der Waals surface area contributed by atoms with Crippen LogP contribution in [0.1, 0.15) is 0 Å². The smallest absolute Gasteiger partial charge is 0.127 e. The van der Waals surface area contributed by atoms with Gasteiger partial charge in [0.15, 0.2) is 0 Å². The molecule has 1 heterocycles. The quantitative estimate of drug-likeness (QED) is 0.567. The standard InChI is InChI=1S/C3HBrNS/c4-3-1-2-6-5-3/h2H. The second kappa shape index (κ2) is 1.71. The van der Waals surface area contributed by atoms with Gasteiger partial charge >= 0.3 is 0 Å². The van der Waals surface area contributed by atoms with Crippen molar-refractivity contribution in [2.75, 3.05) is 0 Å². The second-order valence-electron chi connectivity index (χ2n) is 0.750. The van der Waals surface area contributed by atoms with Crippen molar-refractivity contribution >= 4 is 27.5 Å². The lowest BCUT2D eigenvalue weighted by atomic mass is 10.8. The van der Waals surface area contributed by atoms with E-state index in [1.165, 1.54) is 11.5 Å². The minimum Gasteiger partial charge on any atom is -0.185 e. The van der Waals surface area contributed by atoms with Crippen molar-refractivity contribution in [3.05, 3.63) is 16.0 Å². The Hall–Kier alpha value is 0.110. The molecule has 1 aromatic rings. The summed E-state index contributed by atoms with van der Waals surface area (Å²) in [5.41, 5.74) is 0. The molecule has 0 atom stereocenters. The van der Waals surface area contributed by atoms with Crippen LogP contribution in [0.3, 0.4) is 0 Å². The molecule has 0 amide bonds. The van der Waals surface area contributed by atoms with E-state index in [0.717, 1.165) is 4.60 Å². The topological polar surface area (TPSA) is 12.9 Å². The molecule has 0 N–H and O–H groups in total. The fourth-order valence-electron chi connectivity index (χ4n) is 0.174. The first-order valence-electron chi connectivity index (χ1n) is 1.37. The molecule has 0 bridgehead atoms. The van der Waals surface area contributed by atoms with Crippen LogP contribution in [0, 0.1) is 6.07 Å². The first kappa shape index (κ1) is 4.27. The highest BCUT2D eigenvalue weighted by Gasteiger charge is 1.80. The Kier molecular flexibility index (Phi) is 1.22. The predicted octanol–water partition coefficient (Wildman–Crippen LogP) is 1.71. The van der Waals surface area contributed by atoms with Gasteiger partial charge in [-0.25, -0.2) is 0 Å². The summed E-state index contributed by atoms with van der Waals surface area (Å²) in [4.78, 5) is 0. The van der Waals surface area contributed by atoms with Crippen LogP contribution < -0.4 is 0 Å². The maximum absolute atomic E-state index is 3.82. The molecule has 3 heteroatoms. The third-order valence-corrected chi connectivity index (χ3v) is 1.52. The minimum atomic E-state index is 0.799. The van der Waals surface area contributed by atoms with Crippen LogP contribution in [0.4, 0.5) is 0 Å². The van der Waals surface area contributed by atoms with Crippen LogP contribution in [-0.4, -0.2) is 4.37 Å². The van der Waals surface area contributed by atoms with Gasteiger partial charge in [0.2, 0.25) is 0 Å². The van der Waals surface area contributed by atoms with E-state index < -0.39 is 0 Å².